The highest BCUT2D eigenvalue weighted by atomic mass is 16.4. The molecule has 4 heteroatoms. The van der Waals surface area contributed by atoms with Crippen molar-refractivity contribution >= 4 is 11.9 Å². The van der Waals surface area contributed by atoms with Crippen molar-refractivity contribution < 1.29 is 14.7 Å². The lowest BCUT2D eigenvalue weighted by atomic mass is 10.2. The molecule has 4 nitrogen and oxygen atoms in total. The summed E-state index contributed by atoms with van der Waals surface area (Å²) in [5, 5.41) is 8.68. The molecule has 1 aliphatic rings. The van der Waals surface area contributed by atoms with Gasteiger partial charge in [-0.05, 0) is 32.6 Å². The molecule has 1 heterocycles. The summed E-state index contributed by atoms with van der Waals surface area (Å²) in [6.07, 6.45) is 7.20. The largest absolute Gasteiger partial charge is 0.478 e. The second-order valence-electron chi connectivity index (χ2n) is 4.53. The molecule has 0 atom stereocenters. The number of likely N-dealkylation sites (tertiary alicyclic amines) is 1. The third-order valence-corrected chi connectivity index (χ3v) is 3.09. The Morgan fingerprint density at radius 2 is 2.18 bits per heavy atom. The molecule has 0 aromatic carbocycles. The smallest absolute Gasteiger partial charge is 0.330 e. The van der Waals surface area contributed by atoms with Gasteiger partial charge in [0.05, 0.1) is 0 Å². The Bertz CT molecular complexity index is 310. The maximum Gasteiger partial charge on any atom is 0.330 e. The van der Waals surface area contributed by atoms with Gasteiger partial charge >= 0.3 is 5.97 Å². The number of hydrogen-bond donors (Lipinski definition) is 1. The van der Waals surface area contributed by atoms with Crippen LogP contribution in [0.5, 0.6) is 0 Å². The van der Waals surface area contributed by atoms with Crippen LogP contribution in [0.1, 0.15) is 45.4 Å². The van der Waals surface area contributed by atoms with Crippen LogP contribution in [0.4, 0.5) is 0 Å². The van der Waals surface area contributed by atoms with E-state index in [9.17, 15) is 9.59 Å². The molecule has 0 aromatic rings. The van der Waals surface area contributed by atoms with Crippen molar-refractivity contribution in [2.75, 3.05) is 13.1 Å². The molecule has 0 bridgehead atoms. The van der Waals surface area contributed by atoms with Gasteiger partial charge in [-0.1, -0.05) is 12.5 Å². The predicted octanol–water partition coefficient (Wildman–Crippen LogP) is 2.20. The molecule has 0 spiro atoms. The van der Waals surface area contributed by atoms with Gasteiger partial charge in [0.15, 0.2) is 0 Å². The molecule has 1 fully saturated rings. The van der Waals surface area contributed by atoms with Gasteiger partial charge in [0.1, 0.15) is 0 Å². The zero-order valence-electron chi connectivity index (χ0n) is 10.4. The molecule has 0 aromatic heterocycles. The highest BCUT2D eigenvalue weighted by Crippen LogP contribution is 2.12. The molecule has 0 radical (unpaired) electrons. The van der Waals surface area contributed by atoms with Crippen LogP contribution >= 0.6 is 0 Å². The first-order chi connectivity index (χ1) is 8.11. The summed E-state index contributed by atoms with van der Waals surface area (Å²) in [5.41, 5.74) is 0.382. The van der Waals surface area contributed by atoms with Crippen molar-refractivity contribution in [3.8, 4) is 0 Å². The highest BCUT2D eigenvalue weighted by molar-refractivity contribution is 5.85. The zero-order chi connectivity index (χ0) is 12.7. The first-order valence-corrected chi connectivity index (χ1v) is 6.29. The molecule has 1 aliphatic heterocycles. The zero-order valence-corrected chi connectivity index (χ0v) is 10.4. The van der Waals surface area contributed by atoms with Crippen LogP contribution in [0.2, 0.25) is 0 Å². The van der Waals surface area contributed by atoms with Crippen LogP contribution in [0.25, 0.3) is 0 Å². The molecular weight excluding hydrogens is 218 g/mol. The molecule has 1 N–H and O–H groups in total. The van der Waals surface area contributed by atoms with Crippen molar-refractivity contribution in [1.82, 2.24) is 4.90 Å². The monoisotopic (exact) mass is 239 g/mol. The summed E-state index contributed by atoms with van der Waals surface area (Å²) >= 11 is 0. The Morgan fingerprint density at radius 1 is 1.41 bits per heavy atom. The summed E-state index contributed by atoms with van der Waals surface area (Å²) in [4.78, 5) is 24.1. The summed E-state index contributed by atoms with van der Waals surface area (Å²) in [7, 11) is 0. The van der Waals surface area contributed by atoms with E-state index >= 15 is 0 Å². The summed E-state index contributed by atoms with van der Waals surface area (Å²) in [6.45, 7) is 3.21. The number of carbonyl (C=O) groups is 2. The Labute approximate surface area is 102 Å². The third-order valence-electron chi connectivity index (χ3n) is 3.09. The number of aliphatic carboxylic acids is 1. The lowest BCUT2D eigenvalue weighted by Gasteiger charge is -2.19. The van der Waals surface area contributed by atoms with E-state index in [1.165, 1.54) is 0 Å². The van der Waals surface area contributed by atoms with Crippen molar-refractivity contribution in [3.63, 3.8) is 0 Å². The Hall–Kier alpha value is -1.32. The Morgan fingerprint density at radius 3 is 2.88 bits per heavy atom. The molecule has 0 saturated carbocycles. The van der Waals surface area contributed by atoms with Crippen LogP contribution in [-0.2, 0) is 9.59 Å². The highest BCUT2D eigenvalue weighted by Gasteiger charge is 2.15. The minimum atomic E-state index is -0.865. The third kappa shape index (κ3) is 5.02. The Kier molecular flexibility index (Phi) is 5.73. The minimum absolute atomic E-state index is 0.251. The van der Waals surface area contributed by atoms with Crippen LogP contribution in [-0.4, -0.2) is 35.0 Å². The molecule has 17 heavy (non-hydrogen) atoms. The molecule has 0 aliphatic carbocycles. The predicted molar refractivity (Wildman–Crippen MR) is 65.7 cm³/mol. The first-order valence-electron chi connectivity index (χ1n) is 6.29. The number of rotatable bonds is 5. The van der Waals surface area contributed by atoms with Gasteiger partial charge in [0, 0.05) is 25.1 Å². The summed E-state index contributed by atoms with van der Waals surface area (Å²) < 4.78 is 0. The van der Waals surface area contributed by atoms with Gasteiger partial charge in [-0.15, -0.1) is 0 Å². The Balaban J connectivity index is 2.27. The van der Waals surface area contributed by atoms with Gasteiger partial charge in [0.25, 0.3) is 0 Å². The van der Waals surface area contributed by atoms with Crippen molar-refractivity contribution in [3.05, 3.63) is 11.6 Å². The van der Waals surface area contributed by atoms with Crippen LogP contribution in [0.3, 0.4) is 0 Å². The average molecular weight is 239 g/mol. The maximum atomic E-state index is 11.7. The van der Waals surface area contributed by atoms with E-state index < -0.39 is 5.97 Å². The fourth-order valence-corrected chi connectivity index (χ4v) is 1.96. The molecule has 1 saturated heterocycles. The number of unbranched alkanes of at least 4 members (excludes halogenated alkanes) is 1. The fraction of sp³-hybridized carbons (Fsp3) is 0.692. The van der Waals surface area contributed by atoms with Gasteiger partial charge in [-0.25, -0.2) is 4.79 Å². The number of nitrogens with zero attached hydrogens (tertiary/aromatic N) is 1. The van der Waals surface area contributed by atoms with Gasteiger partial charge in [-0.3, -0.25) is 4.79 Å². The minimum Gasteiger partial charge on any atom is -0.478 e. The maximum absolute atomic E-state index is 11.7. The molecule has 1 rings (SSSR count). The number of carbonyl (C=O) groups excluding carboxylic acids is 1. The standard InChI is InChI=1S/C13H21NO3/c1-11(13(16)17)7-4-6-10-14-9-5-2-3-8-12(14)15/h7H,2-6,8-10H2,1H3,(H,16,17). The average Bonchev–Trinajstić information content (AvgIpc) is 2.49. The first kappa shape index (κ1) is 13.7. The van der Waals surface area contributed by atoms with E-state index in [4.69, 9.17) is 5.11 Å². The summed E-state index contributed by atoms with van der Waals surface area (Å²) in [6, 6.07) is 0. The lowest BCUT2D eigenvalue weighted by molar-refractivity contribution is -0.133. The van der Waals surface area contributed by atoms with E-state index in [0.717, 1.165) is 45.2 Å². The lowest BCUT2D eigenvalue weighted by Crippen LogP contribution is -2.31. The normalized spacial score (nSPS) is 18.1. The second-order valence-corrected chi connectivity index (χ2v) is 4.53. The molecule has 1 amide bonds. The quantitative estimate of drug-likeness (QED) is 0.591. The SMILES string of the molecule is CC(=CCCCN1CCCCCC1=O)C(=O)O. The van der Waals surface area contributed by atoms with Crippen LogP contribution in [0.15, 0.2) is 11.6 Å². The molecule has 0 unspecified atom stereocenters. The molecular formula is C13H21NO3. The fourth-order valence-electron chi connectivity index (χ4n) is 1.96. The number of amides is 1. The number of carboxylic acids is 1. The number of hydrogen-bond acceptors (Lipinski definition) is 2. The van der Waals surface area contributed by atoms with Gasteiger partial charge in [-0.2, -0.15) is 0 Å². The number of allylic oxidation sites excluding steroid dienone is 1. The van der Waals surface area contributed by atoms with Crippen molar-refractivity contribution in [2.24, 2.45) is 0 Å². The van der Waals surface area contributed by atoms with Gasteiger partial charge in [0.2, 0.25) is 5.91 Å². The van der Waals surface area contributed by atoms with Gasteiger partial charge < -0.3 is 10.0 Å². The number of carboxylic acid groups (broad SMARTS) is 1. The van der Waals surface area contributed by atoms with E-state index in [-0.39, 0.29) is 5.91 Å². The van der Waals surface area contributed by atoms with Crippen molar-refractivity contribution in [2.45, 2.75) is 45.4 Å². The van der Waals surface area contributed by atoms with Crippen LogP contribution < -0.4 is 0 Å². The van der Waals surface area contributed by atoms with E-state index in [2.05, 4.69) is 0 Å². The van der Waals surface area contributed by atoms with Crippen LogP contribution in [0, 0.1) is 0 Å². The second kappa shape index (κ2) is 7.09. The van der Waals surface area contributed by atoms with E-state index in [1.54, 1.807) is 13.0 Å². The van der Waals surface area contributed by atoms with E-state index in [1.807, 2.05) is 4.90 Å². The summed E-state index contributed by atoms with van der Waals surface area (Å²) in [5.74, 6) is -0.614. The molecule has 96 valence electrons. The van der Waals surface area contributed by atoms with Crippen molar-refractivity contribution in [1.29, 1.82) is 0 Å². The van der Waals surface area contributed by atoms with E-state index in [0.29, 0.717) is 12.0 Å². The topological polar surface area (TPSA) is 57.6 Å².